The number of anilines is 1. The number of benzene rings is 2. The second-order valence-electron chi connectivity index (χ2n) is 6.91. The van der Waals surface area contributed by atoms with E-state index in [-0.39, 0.29) is 24.4 Å². The van der Waals surface area contributed by atoms with E-state index >= 15 is 0 Å². The molecule has 8 heteroatoms. The smallest absolute Gasteiger partial charge is 0.229 e. The van der Waals surface area contributed by atoms with Crippen LogP contribution in [0.4, 0.5) is 14.6 Å². The molecule has 0 unspecified atom stereocenters. The van der Waals surface area contributed by atoms with E-state index in [1.54, 1.807) is 24.0 Å². The fourth-order valence-electron chi connectivity index (χ4n) is 3.14. The first kappa shape index (κ1) is 19.5. The molecule has 1 amide bonds. The van der Waals surface area contributed by atoms with Gasteiger partial charge in [0.05, 0.1) is 24.8 Å². The summed E-state index contributed by atoms with van der Waals surface area (Å²) < 4.78 is 30.6. The van der Waals surface area contributed by atoms with E-state index in [1.165, 1.54) is 4.68 Å². The van der Waals surface area contributed by atoms with Crippen molar-refractivity contribution in [2.75, 3.05) is 5.32 Å². The Hall–Kier alpha value is -3.81. The summed E-state index contributed by atoms with van der Waals surface area (Å²) in [5.74, 6) is -0.832. The number of aryl methyl sites for hydroxylation is 1. The van der Waals surface area contributed by atoms with Gasteiger partial charge in [-0.2, -0.15) is 10.2 Å². The summed E-state index contributed by atoms with van der Waals surface area (Å²) in [6.07, 6.45) is 5.28. The lowest BCUT2D eigenvalue weighted by Crippen LogP contribution is -2.19. The van der Waals surface area contributed by atoms with Crippen molar-refractivity contribution < 1.29 is 13.6 Å². The molecule has 0 aliphatic carbocycles. The fourth-order valence-corrected chi connectivity index (χ4v) is 3.14. The quantitative estimate of drug-likeness (QED) is 0.528. The maximum Gasteiger partial charge on any atom is 0.229 e. The van der Waals surface area contributed by atoms with Crippen LogP contribution in [0.15, 0.2) is 67.1 Å². The van der Waals surface area contributed by atoms with Gasteiger partial charge in [-0.3, -0.25) is 4.79 Å². The second kappa shape index (κ2) is 8.28. The molecule has 4 rings (SSSR count). The van der Waals surface area contributed by atoms with Crippen LogP contribution in [0.1, 0.15) is 16.7 Å². The van der Waals surface area contributed by atoms with Crippen LogP contribution in [0.5, 0.6) is 0 Å². The Bertz CT molecular complexity index is 1170. The molecule has 4 aromatic rings. The number of nitrogens with one attached hydrogen (secondary N) is 1. The third-order valence-corrected chi connectivity index (χ3v) is 4.68. The van der Waals surface area contributed by atoms with E-state index in [9.17, 15) is 13.6 Å². The molecule has 2 aromatic carbocycles. The zero-order valence-corrected chi connectivity index (χ0v) is 16.2. The topological polar surface area (TPSA) is 64.7 Å². The summed E-state index contributed by atoms with van der Waals surface area (Å²) >= 11 is 0. The molecule has 6 nitrogen and oxygen atoms in total. The van der Waals surface area contributed by atoms with Crippen LogP contribution in [0.3, 0.4) is 0 Å². The lowest BCUT2D eigenvalue weighted by atomic mass is 10.1. The number of carbonyl (C=O) groups excluding carboxylic acids is 1. The van der Waals surface area contributed by atoms with E-state index in [0.717, 1.165) is 35.0 Å². The van der Waals surface area contributed by atoms with Crippen molar-refractivity contribution in [3.8, 4) is 5.69 Å². The number of carbonyl (C=O) groups is 1. The first-order valence-corrected chi connectivity index (χ1v) is 9.35. The summed E-state index contributed by atoms with van der Waals surface area (Å²) in [4.78, 5) is 12.6. The lowest BCUT2D eigenvalue weighted by Gasteiger charge is -2.11. The molecule has 30 heavy (non-hydrogen) atoms. The van der Waals surface area contributed by atoms with Crippen LogP contribution < -0.4 is 5.32 Å². The number of hydrogen-bond acceptors (Lipinski definition) is 3. The van der Waals surface area contributed by atoms with Crippen molar-refractivity contribution in [3.05, 3.63) is 95.4 Å². The standard InChI is InChI=1S/C22H19F2N5O/c1-15-13-26-29(14-17-12-18(23)5-8-20(17)24)22(15)27-21(30)11-16-3-6-19(7-4-16)28-10-2-9-25-28/h2-10,12-13H,11,14H2,1H3,(H,27,30). The van der Waals surface area contributed by atoms with E-state index in [0.29, 0.717) is 5.82 Å². The van der Waals surface area contributed by atoms with Gasteiger partial charge in [-0.05, 0) is 48.9 Å². The predicted octanol–water partition coefficient (Wildman–Crippen LogP) is 3.88. The summed E-state index contributed by atoms with van der Waals surface area (Å²) in [5, 5.41) is 11.2. The summed E-state index contributed by atoms with van der Waals surface area (Å²) in [7, 11) is 0. The van der Waals surface area contributed by atoms with Gasteiger partial charge in [0.2, 0.25) is 5.91 Å². The zero-order chi connectivity index (χ0) is 21.1. The van der Waals surface area contributed by atoms with Gasteiger partial charge >= 0.3 is 0 Å². The van der Waals surface area contributed by atoms with E-state index in [4.69, 9.17) is 0 Å². The maximum atomic E-state index is 14.0. The third-order valence-electron chi connectivity index (χ3n) is 4.68. The Morgan fingerprint density at radius 1 is 1.10 bits per heavy atom. The normalized spacial score (nSPS) is 10.9. The number of hydrogen-bond donors (Lipinski definition) is 1. The minimum absolute atomic E-state index is 0.00557. The van der Waals surface area contributed by atoms with Crippen LogP contribution in [0, 0.1) is 18.6 Å². The van der Waals surface area contributed by atoms with Crippen LogP contribution in [0.2, 0.25) is 0 Å². The molecule has 0 radical (unpaired) electrons. The summed E-state index contributed by atoms with van der Waals surface area (Å²) in [5.41, 5.74) is 2.62. The monoisotopic (exact) mass is 407 g/mol. The SMILES string of the molecule is Cc1cnn(Cc2cc(F)ccc2F)c1NC(=O)Cc1ccc(-n2cccn2)cc1. The molecular weight excluding hydrogens is 388 g/mol. The Balaban J connectivity index is 1.46. The van der Waals surface area contributed by atoms with Crippen LogP contribution in [-0.2, 0) is 17.8 Å². The molecule has 1 N–H and O–H groups in total. The molecule has 0 saturated carbocycles. The van der Waals surface area contributed by atoms with Crippen LogP contribution in [-0.4, -0.2) is 25.5 Å². The Morgan fingerprint density at radius 3 is 2.63 bits per heavy atom. The number of halogens is 2. The number of amides is 1. The largest absolute Gasteiger partial charge is 0.310 e. The molecule has 2 aromatic heterocycles. The minimum atomic E-state index is -0.529. The van der Waals surface area contributed by atoms with E-state index in [2.05, 4.69) is 15.5 Å². The molecule has 152 valence electrons. The van der Waals surface area contributed by atoms with Crippen LogP contribution >= 0.6 is 0 Å². The Morgan fingerprint density at radius 2 is 1.90 bits per heavy atom. The van der Waals surface area contributed by atoms with Crippen molar-refractivity contribution in [1.82, 2.24) is 19.6 Å². The van der Waals surface area contributed by atoms with Crippen molar-refractivity contribution in [1.29, 1.82) is 0 Å². The molecule has 0 spiro atoms. The Labute approximate surface area is 171 Å². The first-order valence-electron chi connectivity index (χ1n) is 9.35. The molecule has 2 heterocycles. The van der Waals surface area contributed by atoms with Crippen molar-refractivity contribution in [2.45, 2.75) is 19.9 Å². The van der Waals surface area contributed by atoms with Gasteiger partial charge in [0.1, 0.15) is 17.5 Å². The zero-order valence-electron chi connectivity index (χ0n) is 16.2. The van der Waals surface area contributed by atoms with Crippen LogP contribution in [0.25, 0.3) is 5.69 Å². The number of rotatable bonds is 6. The highest BCUT2D eigenvalue weighted by Crippen LogP contribution is 2.19. The highest BCUT2D eigenvalue weighted by atomic mass is 19.1. The molecule has 0 aliphatic rings. The molecular formula is C22H19F2N5O. The highest BCUT2D eigenvalue weighted by Gasteiger charge is 2.14. The third kappa shape index (κ3) is 4.27. The molecule has 0 saturated heterocycles. The summed E-state index contributed by atoms with van der Waals surface area (Å²) in [6, 6.07) is 12.6. The highest BCUT2D eigenvalue weighted by molar-refractivity contribution is 5.92. The lowest BCUT2D eigenvalue weighted by molar-refractivity contribution is -0.115. The number of aromatic nitrogens is 4. The molecule has 0 bridgehead atoms. The second-order valence-corrected chi connectivity index (χ2v) is 6.91. The van der Waals surface area contributed by atoms with E-state index < -0.39 is 11.6 Å². The van der Waals surface area contributed by atoms with Gasteiger partial charge in [0.15, 0.2) is 0 Å². The van der Waals surface area contributed by atoms with Gasteiger partial charge in [-0.15, -0.1) is 0 Å². The van der Waals surface area contributed by atoms with E-state index in [1.807, 2.05) is 36.5 Å². The molecule has 0 aliphatic heterocycles. The Kier molecular flexibility index (Phi) is 5.38. The van der Waals surface area contributed by atoms with Crippen molar-refractivity contribution in [3.63, 3.8) is 0 Å². The van der Waals surface area contributed by atoms with Gasteiger partial charge in [-0.25, -0.2) is 18.1 Å². The average molecular weight is 407 g/mol. The van der Waals surface area contributed by atoms with Crippen molar-refractivity contribution >= 4 is 11.7 Å². The van der Waals surface area contributed by atoms with Gasteiger partial charge in [0, 0.05) is 23.5 Å². The fraction of sp³-hybridized carbons (Fsp3) is 0.136. The molecule has 0 fully saturated rings. The average Bonchev–Trinajstić information content (AvgIpc) is 3.37. The summed E-state index contributed by atoms with van der Waals surface area (Å²) in [6.45, 7) is 1.80. The van der Waals surface area contributed by atoms with Gasteiger partial charge in [0.25, 0.3) is 0 Å². The van der Waals surface area contributed by atoms with Crippen molar-refractivity contribution in [2.24, 2.45) is 0 Å². The number of nitrogens with zero attached hydrogens (tertiary/aromatic N) is 4. The minimum Gasteiger partial charge on any atom is -0.310 e. The predicted molar refractivity (Wildman–Crippen MR) is 108 cm³/mol. The maximum absolute atomic E-state index is 14.0. The molecule has 0 atom stereocenters. The van der Waals surface area contributed by atoms with Gasteiger partial charge < -0.3 is 5.32 Å². The van der Waals surface area contributed by atoms with Gasteiger partial charge in [-0.1, -0.05) is 12.1 Å². The first-order chi connectivity index (χ1) is 14.5.